The average molecular weight is 353 g/mol. The van der Waals surface area contributed by atoms with Crippen LogP contribution in [0.25, 0.3) is 0 Å². The number of fused-ring (bicyclic) bond motifs is 1. The van der Waals surface area contributed by atoms with Crippen LogP contribution in [0.3, 0.4) is 0 Å². The van der Waals surface area contributed by atoms with Crippen molar-refractivity contribution in [3.8, 4) is 0 Å². The van der Waals surface area contributed by atoms with Crippen LogP contribution >= 0.6 is 0 Å². The molecule has 2 aliphatic heterocycles. The van der Waals surface area contributed by atoms with Gasteiger partial charge >= 0.3 is 5.97 Å². The molecule has 2 atom stereocenters. The van der Waals surface area contributed by atoms with Gasteiger partial charge in [-0.2, -0.15) is 0 Å². The van der Waals surface area contributed by atoms with Crippen molar-refractivity contribution >= 4 is 23.1 Å². The zero-order valence-electron chi connectivity index (χ0n) is 14.2. The Kier molecular flexibility index (Phi) is 4.64. The number of hydrogen-bond donors (Lipinski definition) is 2. The monoisotopic (exact) mass is 353 g/mol. The van der Waals surface area contributed by atoms with E-state index in [2.05, 4.69) is 5.32 Å². The Bertz CT molecular complexity index is 726. The Morgan fingerprint density at radius 1 is 1.36 bits per heavy atom. The van der Waals surface area contributed by atoms with E-state index >= 15 is 4.39 Å². The van der Waals surface area contributed by atoms with Gasteiger partial charge in [0.25, 0.3) is 0 Å². The number of nitrogens with zero attached hydrogens (tertiary/aromatic N) is 2. The highest BCUT2D eigenvalue weighted by Gasteiger charge is 2.40. The topological polar surface area (TPSA) is 72.9 Å². The quantitative estimate of drug-likeness (QED) is 0.802. The maximum atomic E-state index is 15.2. The van der Waals surface area contributed by atoms with E-state index in [1.54, 1.807) is 11.8 Å². The van der Waals surface area contributed by atoms with Crippen LogP contribution in [0.1, 0.15) is 24.2 Å². The molecule has 1 aromatic carbocycles. The molecule has 0 radical (unpaired) electrons. The maximum absolute atomic E-state index is 15.2. The van der Waals surface area contributed by atoms with E-state index in [1.807, 2.05) is 6.92 Å². The van der Waals surface area contributed by atoms with Gasteiger partial charge in [-0.15, -0.1) is 0 Å². The molecular formula is C17H21F2N3O3. The van der Waals surface area contributed by atoms with Crippen molar-refractivity contribution in [2.24, 2.45) is 5.92 Å². The van der Waals surface area contributed by atoms with Crippen LogP contribution < -0.4 is 15.1 Å². The van der Waals surface area contributed by atoms with Crippen LogP contribution in [0, 0.1) is 17.6 Å². The fraction of sp³-hybridized carbons (Fsp3) is 0.529. The number of aliphatic carboxylic acids is 1. The lowest BCUT2D eigenvalue weighted by Crippen LogP contribution is -2.50. The number of hydrogen-bond acceptors (Lipinski definition) is 5. The van der Waals surface area contributed by atoms with E-state index in [9.17, 15) is 19.1 Å². The zero-order valence-corrected chi connectivity index (χ0v) is 14.2. The molecule has 1 aromatic rings. The first-order valence-electron chi connectivity index (χ1n) is 8.37. The second-order valence-corrected chi connectivity index (χ2v) is 6.51. The first-order valence-corrected chi connectivity index (χ1v) is 8.37. The normalized spacial score (nSPS) is 23.6. The predicted octanol–water partition coefficient (Wildman–Crippen LogP) is 1.49. The van der Waals surface area contributed by atoms with Gasteiger partial charge in [-0.3, -0.25) is 9.59 Å². The highest BCUT2D eigenvalue weighted by molar-refractivity contribution is 6.13. The van der Waals surface area contributed by atoms with Crippen LogP contribution in [0.4, 0.5) is 20.2 Å². The SMILES string of the molecule is CCN1C[C@@H](C(=O)O)C(=O)c2cc(F)c(N3CCN[C@H](C)C3)c(F)c21. The molecule has 2 heterocycles. The molecule has 0 bridgehead atoms. The number of carboxylic acids is 1. The lowest BCUT2D eigenvalue weighted by Gasteiger charge is -2.37. The van der Waals surface area contributed by atoms with Crippen LogP contribution in [0.2, 0.25) is 0 Å². The number of halogens is 2. The number of benzene rings is 1. The van der Waals surface area contributed by atoms with Crippen molar-refractivity contribution in [3.63, 3.8) is 0 Å². The maximum Gasteiger partial charge on any atom is 0.316 e. The second kappa shape index (κ2) is 6.59. The Hall–Kier alpha value is -2.22. The summed E-state index contributed by atoms with van der Waals surface area (Å²) in [7, 11) is 0. The summed E-state index contributed by atoms with van der Waals surface area (Å²) in [5, 5.41) is 12.4. The summed E-state index contributed by atoms with van der Waals surface area (Å²) in [4.78, 5) is 26.8. The number of carbonyl (C=O) groups excluding carboxylic acids is 1. The molecule has 25 heavy (non-hydrogen) atoms. The van der Waals surface area contributed by atoms with E-state index in [1.165, 1.54) is 4.90 Å². The number of Topliss-reactive ketones (excluding diaryl/α,β-unsaturated/α-hetero) is 1. The number of piperazine rings is 1. The lowest BCUT2D eigenvalue weighted by molar-refractivity contribution is -0.139. The van der Waals surface area contributed by atoms with E-state index < -0.39 is 29.3 Å². The summed E-state index contributed by atoms with van der Waals surface area (Å²) < 4.78 is 29.9. The Morgan fingerprint density at radius 2 is 2.08 bits per heavy atom. The molecule has 0 unspecified atom stereocenters. The summed E-state index contributed by atoms with van der Waals surface area (Å²) >= 11 is 0. The summed E-state index contributed by atoms with van der Waals surface area (Å²) in [5.74, 6) is -4.96. The van der Waals surface area contributed by atoms with Gasteiger partial charge in [0, 0.05) is 44.3 Å². The van der Waals surface area contributed by atoms with Gasteiger partial charge in [-0.1, -0.05) is 0 Å². The molecule has 3 rings (SSSR count). The highest BCUT2D eigenvalue weighted by Crippen LogP contribution is 2.39. The molecule has 6 nitrogen and oxygen atoms in total. The molecule has 8 heteroatoms. The number of ketones is 1. The van der Waals surface area contributed by atoms with E-state index in [-0.39, 0.29) is 29.5 Å². The molecule has 2 aliphatic rings. The third-order valence-corrected chi connectivity index (χ3v) is 4.83. The zero-order chi connectivity index (χ0) is 18.3. The molecule has 0 spiro atoms. The molecule has 136 valence electrons. The van der Waals surface area contributed by atoms with Crippen molar-refractivity contribution in [1.29, 1.82) is 0 Å². The van der Waals surface area contributed by atoms with Gasteiger partial charge in [-0.05, 0) is 19.9 Å². The Balaban J connectivity index is 2.12. The molecule has 2 N–H and O–H groups in total. The van der Waals surface area contributed by atoms with Crippen molar-refractivity contribution in [3.05, 3.63) is 23.3 Å². The molecule has 0 saturated carbocycles. The fourth-order valence-corrected chi connectivity index (χ4v) is 3.58. The predicted molar refractivity (Wildman–Crippen MR) is 89.4 cm³/mol. The fourth-order valence-electron chi connectivity index (χ4n) is 3.58. The summed E-state index contributed by atoms with van der Waals surface area (Å²) in [6.07, 6.45) is 0. The summed E-state index contributed by atoms with van der Waals surface area (Å²) in [6.45, 7) is 5.39. The van der Waals surface area contributed by atoms with Gasteiger partial charge in [-0.25, -0.2) is 8.78 Å². The lowest BCUT2D eigenvalue weighted by atomic mass is 9.90. The molecule has 1 fully saturated rings. The first-order chi connectivity index (χ1) is 11.8. The van der Waals surface area contributed by atoms with Crippen molar-refractivity contribution in [2.45, 2.75) is 19.9 Å². The minimum Gasteiger partial charge on any atom is -0.481 e. The molecular weight excluding hydrogens is 332 g/mol. The van der Waals surface area contributed by atoms with Gasteiger partial charge < -0.3 is 20.2 Å². The number of carbonyl (C=O) groups is 2. The number of rotatable bonds is 3. The van der Waals surface area contributed by atoms with Crippen LogP contribution in [-0.4, -0.2) is 55.6 Å². The Morgan fingerprint density at radius 3 is 2.68 bits per heavy atom. The minimum absolute atomic E-state index is 0.00702. The van der Waals surface area contributed by atoms with Gasteiger partial charge in [0.1, 0.15) is 17.4 Å². The summed E-state index contributed by atoms with van der Waals surface area (Å²) in [5.41, 5.74) is -0.331. The molecule has 0 aromatic heterocycles. The molecule has 0 amide bonds. The minimum atomic E-state index is -1.31. The van der Waals surface area contributed by atoms with Crippen LogP contribution in [0.5, 0.6) is 0 Å². The van der Waals surface area contributed by atoms with Gasteiger partial charge in [0.15, 0.2) is 11.6 Å². The van der Waals surface area contributed by atoms with E-state index in [4.69, 9.17) is 0 Å². The third-order valence-electron chi connectivity index (χ3n) is 4.83. The molecule has 1 saturated heterocycles. The Labute approximate surface area is 144 Å². The summed E-state index contributed by atoms with van der Waals surface area (Å²) in [6, 6.07) is 1.07. The number of carboxylic acid groups (broad SMARTS) is 1. The standard InChI is InChI=1S/C17H21F2N3O3/c1-3-21-8-11(17(24)25)16(23)10-6-12(18)15(13(19)14(10)21)22-5-4-20-9(2)7-22/h6,9,11,20H,3-5,7-8H2,1-2H3,(H,24,25)/t9-,11-/m1/s1. The van der Waals surface area contributed by atoms with E-state index in [0.29, 0.717) is 26.2 Å². The van der Waals surface area contributed by atoms with Crippen molar-refractivity contribution in [2.75, 3.05) is 42.5 Å². The largest absolute Gasteiger partial charge is 0.481 e. The third kappa shape index (κ3) is 2.95. The van der Waals surface area contributed by atoms with Crippen molar-refractivity contribution in [1.82, 2.24) is 5.32 Å². The van der Waals surface area contributed by atoms with Gasteiger partial charge in [0.05, 0.1) is 5.69 Å². The average Bonchev–Trinajstić information content (AvgIpc) is 2.55. The second-order valence-electron chi connectivity index (χ2n) is 6.51. The number of anilines is 2. The number of nitrogens with one attached hydrogen (secondary N) is 1. The molecule has 0 aliphatic carbocycles. The van der Waals surface area contributed by atoms with E-state index in [0.717, 1.165) is 6.07 Å². The van der Waals surface area contributed by atoms with Gasteiger partial charge in [0.2, 0.25) is 0 Å². The smallest absolute Gasteiger partial charge is 0.316 e. The van der Waals surface area contributed by atoms with Crippen LogP contribution in [0.15, 0.2) is 6.07 Å². The van der Waals surface area contributed by atoms with Crippen LogP contribution in [-0.2, 0) is 4.79 Å². The first kappa shape index (κ1) is 17.6. The van der Waals surface area contributed by atoms with Crippen molar-refractivity contribution < 1.29 is 23.5 Å². The highest BCUT2D eigenvalue weighted by atomic mass is 19.1.